The molecule has 6 saturated heterocycles. The van der Waals surface area contributed by atoms with Crippen molar-refractivity contribution in [1.29, 1.82) is 0 Å². The van der Waals surface area contributed by atoms with Crippen LogP contribution in [0.5, 0.6) is 5.75 Å². The predicted octanol–water partition coefficient (Wildman–Crippen LogP) is 3.95. The fourth-order valence-electron chi connectivity index (χ4n) is 9.11. The zero-order valence-corrected chi connectivity index (χ0v) is 39.3. The molecule has 380 valence electrons. The first kappa shape index (κ1) is 51.9. The molecule has 0 radical (unpaired) electrons. The minimum atomic E-state index is -2.45. The Morgan fingerprint density at radius 2 is 0.794 bits per heavy atom. The first-order chi connectivity index (χ1) is 31.3. The van der Waals surface area contributed by atoms with E-state index in [0.29, 0.717) is 0 Å². The average molecular weight is 982 g/mol. The van der Waals surface area contributed by atoms with Gasteiger partial charge in [-0.05, 0) is 88.6 Å². The van der Waals surface area contributed by atoms with Crippen molar-refractivity contribution in [3.05, 3.63) is 39.5 Å². The fourth-order valence-corrected chi connectivity index (χ4v) is 9.11. The summed E-state index contributed by atoms with van der Waals surface area (Å²) in [6.07, 6.45) is -14.1. The Kier molecular flexibility index (Phi) is 14.0. The second-order valence-electron chi connectivity index (χ2n) is 19.7. The lowest BCUT2D eigenvalue weighted by Gasteiger charge is -2.28. The molecule has 68 heavy (non-hydrogen) atoms. The second-order valence-corrected chi connectivity index (χ2v) is 19.7. The van der Waals surface area contributed by atoms with Gasteiger partial charge in [-0.1, -0.05) is 5.11 Å². The van der Waals surface area contributed by atoms with E-state index in [9.17, 15) is 36.3 Å². The van der Waals surface area contributed by atoms with Gasteiger partial charge in [0.25, 0.3) is 11.8 Å². The van der Waals surface area contributed by atoms with Crippen molar-refractivity contribution >= 4 is 17.8 Å². The van der Waals surface area contributed by atoms with E-state index in [1.54, 1.807) is 55.4 Å². The number of esters is 1. The largest absolute Gasteiger partial charge is 0.418 e. The third kappa shape index (κ3) is 10.9. The summed E-state index contributed by atoms with van der Waals surface area (Å²) in [7, 11) is 0. The molecule has 7 rings (SSSR count). The molecule has 1 aromatic rings. The van der Waals surface area contributed by atoms with Crippen molar-refractivity contribution in [3.63, 3.8) is 0 Å². The van der Waals surface area contributed by atoms with Crippen LogP contribution in [0.25, 0.3) is 10.4 Å². The van der Waals surface area contributed by atoms with Gasteiger partial charge in [0.05, 0.1) is 12.6 Å². The molecule has 0 saturated carbocycles. The van der Waals surface area contributed by atoms with Gasteiger partial charge in [-0.3, -0.25) is 9.59 Å². The SMILES string of the molecule is CC1(C)O[C@H]([C@@H]2OC(C)(C)O[C@H]2C(=O)NC[C@H]2OC(C)(C)O[C@@H]2[C@@H]2OC(C)(C)O[C@H]2C(=O)NC[C@H]2OC(C)(C)O[C@@H]2[C@@H]2OC(C)(C)O[C@H]2C(=O)Oc2c(F)c(F)c(F)c(F)c2F)[C@@H](CN=[N+]=[N-])O1. The summed E-state index contributed by atoms with van der Waals surface area (Å²) in [6, 6.07) is 0. The van der Waals surface area contributed by atoms with Crippen LogP contribution in [0.1, 0.15) is 83.1 Å². The van der Waals surface area contributed by atoms with Crippen LogP contribution < -0.4 is 15.4 Å². The molecule has 0 bridgehead atoms. The smallest absolute Gasteiger partial charge is 0.343 e. The number of benzene rings is 1. The number of rotatable bonds is 13. The summed E-state index contributed by atoms with van der Waals surface area (Å²) in [5.41, 5.74) is 8.97. The first-order valence-corrected chi connectivity index (χ1v) is 21.8. The summed E-state index contributed by atoms with van der Waals surface area (Å²) in [5, 5.41) is 9.22. The Labute approximate surface area is 387 Å². The summed E-state index contributed by atoms with van der Waals surface area (Å²) in [5.74, 6) is -24.6. The zero-order valence-electron chi connectivity index (χ0n) is 39.3. The topological polar surface area (TPSA) is 244 Å². The normalized spacial score (nSPS) is 36.1. The lowest BCUT2D eigenvalue weighted by atomic mass is 10.0. The maximum absolute atomic E-state index is 14.5. The van der Waals surface area contributed by atoms with E-state index in [0.717, 1.165) is 0 Å². The van der Waals surface area contributed by atoms with Crippen LogP contribution in [0.3, 0.4) is 0 Å². The molecule has 0 aromatic heterocycles. The Morgan fingerprint density at radius 1 is 0.485 bits per heavy atom. The van der Waals surface area contributed by atoms with Gasteiger partial charge in [0, 0.05) is 18.0 Å². The highest BCUT2D eigenvalue weighted by Crippen LogP contribution is 2.43. The molecule has 21 nitrogen and oxygen atoms in total. The van der Waals surface area contributed by atoms with E-state index < -0.39 is 161 Å². The van der Waals surface area contributed by atoms with Crippen molar-refractivity contribution in [2.75, 3.05) is 19.6 Å². The molecule has 0 aliphatic carbocycles. The van der Waals surface area contributed by atoms with Crippen LogP contribution in [0.4, 0.5) is 22.0 Å². The number of hydrogen-bond acceptors (Lipinski definition) is 17. The van der Waals surface area contributed by atoms with Crippen molar-refractivity contribution in [2.24, 2.45) is 5.11 Å². The molecule has 0 unspecified atom stereocenters. The fraction of sp³-hybridized carbons (Fsp3) is 0.786. The molecule has 26 heteroatoms. The lowest BCUT2D eigenvalue weighted by molar-refractivity contribution is -0.175. The van der Waals surface area contributed by atoms with E-state index in [4.69, 9.17) is 67.1 Å². The van der Waals surface area contributed by atoms with Gasteiger partial charge in [-0.2, -0.15) is 8.78 Å². The third-order valence-electron chi connectivity index (χ3n) is 11.4. The number of nitrogens with zero attached hydrogens (tertiary/aromatic N) is 3. The molecular formula is C42H56F5N5O16. The number of carbonyl (C=O) groups excluding carboxylic acids is 3. The number of carbonyl (C=O) groups is 3. The van der Waals surface area contributed by atoms with E-state index in [1.807, 2.05) is 0 Å². The van der Waals surface area contributed by atoms with Crippen molar-refractivity contribution in [2.45, 2.75) is 191 Å². The van der Waals surface area contributed by atoms with Gasteiger partial charge in [-0.25, -0.2) is 18.0 Å². The monoisotopic (exact) mass is 981 g/mol. The van der Waals surface area contributed by atoms with E-state index >= 15 is 0 Å². The highest BCUT2D eigenvalue weighted by Gasteiger charge is 2.60. The molecule has 6 aliphatic heterocycles. The third-order valence-corrected chi connectivity index (χ3v) is 11.4. The van der Waals surface area contributed by atoms with E-state index in [1.165, 1.54) is 27.7 Å². The maximum Gasteiger partial charge on any atom is 0.343 e. The van der Waals surface area contributed by atoms with Crippen molar-refractivity contribution in [1.82, 2.24) is 10.6 Å². The van der Waals surface area contributed by atoms with Crippen molar-refractivity contribution < 1.29 is 97.9 Å². The predicted molar refractivity (Wildman–Crippen MR) is 215 cm³/mol. The maximum atomic E-state index is 14.5. The molecule has 12 atom stereocenters. The van der Waals surface area contributed by atoms with Gasteiger partial charge in [0.15, 0.2) is 53.0 Å². The lowest BCUT2D eigenvalue weighted by Crippen LogP contribution is -2.54. The van der Waals surface area contributed by atoms with Gasteiger partial charge in [0.1, 0.15) is 48.8 Å². The minimum absolute atomic E-state index is 0.0995. The summed E-state index contributed by atoms with van der Waals surface area (Å²) in [6.45, 7) is 18.2. The molecule has 6 aliphatic rings. The summed E-state index contributed by atoms with van der Waals surface area (Å²) < 4.78 is 148. The second kappa shape index (κ2) is 18.4. The summed E-state index contributed by atoms with van der Waals surface area (Å²) in [4.78, 5) is 44.4. The Hall–Kier alpha value is -3.89. The molecule has 1 aromatic carbocycles. The standard InChI is InChI=1S/C42H56F5N5O16/c1-37(2)57-16(13-49-35(54)32-29(64-41(9,10)67-32)26-18(15-51-52-48)59-39(5,6)62-26)24(60-37)28-31(66-40(7,8)63-28)34(53)50-14-17-25(61-38(3,4)58-17)30-33(68-42(11,12)65-30)36(55)56-27-22(46)20(44)19(43)21(45)23(27)47/h16-18,24-26,28-33H,13-15H2,1-12H3,(H,49,54)(H,50,53)/t16-,17-,18-,24+,25+,26+,28+,29+,30+,31-,32-,33-/m1/s1. The van der Waals surface area contributed by atoms with Crippen LogP contribution in [-0.4, -0.2) is 145 Å². The quantitative estimate of drug-likeness (QED) is 0.0415. The number of amides is 2. The molecule has 2 amide bonds. The van der Waals surface area contributed by atoms with Crippen LogP contribution in [0.2, 0.25) is 0 Å². The Morgan fingerprint density at radius 3 is 1.19 bits per heavy atom. The molecular weight excluding hydrogens is 925 g/mol. The molecule has 0 spiro atoms. The number of azide groups is 1. The first-order valence-electron chi connectivity index (χ1n) is 21.8. The van der Waals surface area contributed by atoms with Gasteiger partial charge in [-0.15, -0.1) is 0 Å². The average Bonchev–Trinajstić information content (AvgIpc) is 4.05. The number of nitrogens with one attached hydrogen (secondary N) is 2. The molecule has 2 N–H and O–H groups in total. The number of hydrogen-bond donors (Lipinski definition) is 2. The molecule has 6 heterocycles. The van der Waals surface area contributed by atoms with Crippen molar-refractivity contribution in [3.8, 4) is 5.75 Å². The zero-order chi connectivity index (χ0) is 50.3. The highest BCUT2D eigenvalue weighted by molar-refractivity contribution is 5.83. The van der Waals surface area contributed by atoms with Gasteiger partial charge < -0.3 is 72.2 Å². The van der Waals surface area contributed by atoms with Crippen LogP contribution in [0, 0.1) is 29.1 Å². The van der Waals surface area contributed by atoms with Crippen LogP contribution >= 0.6 is 0 Å². The summed E-state index contributed by atoms with van der Waals surface area (Å²) >= 11 is 0. The molecule has 6 fully saturated rings. The highest BCUT2D eigenvalue weighted by atomic mass is 19.2. The Bertz CT molecular complexity index is 2170. The number of halogens is 5. The minimum Gasteiger partial charge on any atom is -0.418 e. The van der Waals surface area contributed by atoms with Gasteiger partial charge >= 0.3 is 5.97 Å². The Balaban J connectivity index is 1.04. The van der Waals surface area contributed by atoms with E-state index in [-0.39, 0.29) is 19.6 Å². The van der Waals surface area contributed by atoms with Crippen LogP contribution in [0.15, 0.2) is 5.11 Å². The van der Waals surface area contributed by atoms with E-state index in [2.05, 4.69) is 20.7 Å². The van der Waals surface area contributed by atoms with Gasteiger partial charge in [0.2, 0.25) is 34.8 Å². The van der Waals surface area contributed by atoms with Crippen LogP contribution in [-0.2, 0) is 71.2 Å². The number of ether oxygens (including phenoxy) is 13.